The van der Waals surface area contributed by atoms with E-state index in [2.05, 4.69) is 19.2 Å². The third-order valence-corrected chi connectivity index (χ3v) is 3.99. The number of hydrogen-bond donors (Lipinski definition) is 2. The summed E-state index contributed by atoms with van der Waals surface area (Å²) in [5.74, 6) is 0.653. The highest BCUT2D eigenvalue weighted by Gasteiger charge is 2.44. The maximum absolute atomic E-state index is 10.7. The average molecular weight is 249 g/mol. The van der Waals surface area contributed by atoms with Crippen molar-refractivity contribution in [2.75, 3.05) is 17.6 Å². The fourth-order valence-electron chi connectivity index (χ4n) is 2.23. The lowest BCUT2D eigenvalue weighted by Gasteiger charge is -2.20. The van der Waals surface area contributed by atoms with Crippen molar-refractivity contribution in [3.05, 3.63) is 28.3 Å². The molecule has 0 heterocycles. The van der Waals surface area contributed by atoms with Crippen molar-refractivity contribution in [3.8, 4) is 0 Å². The lowest BCUT2D eigenvalue weighted by atomic mass is 9.92. The van der Waals surface area contributed by atoms with Gasteiger partial charge in [-0.3, -0.25) is 10.1 Å². The molecule has 0 amide bonds. The van der Waals surface area contributed by atoms with Gasteiger partial charge >= 0.3 is 0 Å². The highest BCUT2D eigenvalue weighted by molar-refractivity contribution is 5.65. The van der Waals surface area contributed by atoms with Crippen molar-refractivity contribution < 1.29 is 4.92 Å². The molecule has 0 aromatic heterocycles. The second-order valence-corrected chi connectivity index (χ2v) is 5.40. The summed E-state index contributed by atoms with van der Waals surface area (Å²) in [5.41, 5.74) is 7.08. The van der Waals surface area contributed by atoms with Crippen LogP contribution in [0.15, 0.2) is 18.2 Å². The Balaban J connectivity index is 2.03. The maximum atomic E-state index is 10.7. The Morgan fingerprint density at radius 2 is 2.17 bits per heavy atom. The predicted molar refractivity (Wildman–Crippen MR) is 72.5 cm³/mol. The minimum absolute atomic E-state index is 0.0365. The van der Waals surface area contributed by atoms with E-state index in [0.29, 0.717) is 11.3 Å². The Hall–Kier alpha value is -1.78. The number of nitrogens with two attached hydrogens (primary N) is 1. The minimum atomic E-state index is -0.463. The molecule has 2 rings (SSSR count). The topological polar surface area (TPSA) is 81.2 Å². The molecule has 0 radical (unpaired) electrons. The number of nitro groups is 1. The Bertz CT molecular complexity index is 467. The molecule has 1 aromatic rings. The Morgan fingerprint density at radius 3 is 2.61 bits per heavy atom. The van der Waals surface area contributed by atoms with E-state index in [1.54, 1.807) is 12.1 Å². The third kappa shape index (κ3) is 2.39. The van der Waals surface area contributed by atoms with Crippen molar-refractivity contribution in [2.45, 2.75) is 26.7 Å². The Labute approximate surface area is 107 Å². The molecule has 18 heavy (non-hydrogen) atoms. The van der Waals surface area contributed by atoms with Crippen LogP contribution in [-0.2, 0) is 0 Å². The van der Waals surface area contributed by atoms with Crippen LogP contribution in [0, 0.1) is 21.4 Å². The first-order chi connectivity index (χ1) is 8.44. The summed E-state index contributed by atoms with van der Waals surface area (Å²) in [6.45, 7) is 5.37. The van der Waals surface area contributed by atoms with Crippen molar-refractivity contribution >= 4 is 17.1 Å². The molecule has 1 aromatic carbocycles. The highest BCUT2D eigenvalue weighted by atomic mass is 16.6. The summed E-state index contributed by atoms with van der Waals surface area (Å²) in [7, 11) is 0. The van der Waals surface area contributed by atoms with Crippen molar-refractivity contribution in [2.24, 2.45) is 11.3 Å². The number of nitrogen functional groups attached to an aromatic ring is 1. The van der Waals surface area contributed by atoms with Gasteiger partial charge < -0.3 is 11.1 Å². The second kappa shape index (κ2) is 4.48. The van der Waals surface area contributed by atoms with E-state index < -0.39 is 4.92 Å². The number of rotatable bonds is 5. The molecular weight excluding hydrogens is 230 g/mol. The Morgan fingerprint density at radius 1 is 1.50 bits per heavy atom. The van der Waals surface area contributed by atoms with Gasteiger partial charge in [-0.25, -0.2) is 0 Å². The van der Waals surface area contributed by atoms with Gasteiger partial charge in [-0.15, -0.1) is 0 Å². The monoisotopic (exact) mass is 249 g/mol. The largest absolute Gasteiger partial charge is 0.393 e. The molecule has 5 nitrogen and oxygen atoms in total. The normalized spacial score (nSPS) is 16.6. The standard InChI is InChI=1S/C13H19N3O2/c1-9(2)13(5-6-13)8-15-10-3-4-12(16(17)18)11(14)7-10/h3-4,7,9,15H,5-6,8,14H2,1-2H3. The quantitative estimate of drug-likeness (QED) is 0.477. The fourth-order valence-corrected chi connectivity index (χ4v) is 2.23. The highest BCUT2D eigenvalue weighted by Crippen LogP contribution is 2.51. The summed E-state index contributed by atoms with van der Waals surface area (Å²) in [6, 6.07) is 4.80. The summed E-state index contributed by atoms with van der Waals surface area (Å²) in [6.07, 6.45) is 2.50. The van der Waals surface area contributed by atoms with Crippen LogP contribution in [0.1, 0.15) is 26.7 Å². The van der Waals surface area contributed by atoms with Gasteiger partial charge in [0.15, 0.2) is 0 Å². The van der Waals surface area contributed by atoms with Crippen LogP contribution in [0.5, 0.6) is 0 Å². The van der Waals surface area contributed by atoms with Gasteiger partial charge in [-0.2, -0.15) is 0 Å². The number of nitrogens with zero attached hydrogens (tertiary/aromatic N) is 1. The van der Waals surface area contributed by atoms with Gasteiger partial charge in [0.05, 0.1) is 4.92 Å². The van der Waals surface area contributed by atoms with Crippen LogP contribution in [-0.4, -0.2) is 11.5 Å². The van der Waals surface area contributed by atoms with Crippen molar-refractivity contribution in [1.82, 2.24) is 0 Å². The number of nitrogens with one attached hydrogen (secondary N) is 1. The zero-order valence-electron chi connectivity index (χ0n) is 10.8. The van der Waals surface area contributed by atoms with E-state index in [4.69, 9.17) is 5.73 Å². The SMILES string of the molecule is CC(C)C1(CNc2ccc([N+](=O)[O-])c(N)c2)CC1. The molecule has 1 aliphatic carbocycles. The number of hydrogen-bond acceptors (Lipinski definition) is 4. The van der Waals surface area contributed by atoms with Crippen LogP contribution in [0.2, 0.25) is 0 Å². The zero-order valence-corrected chi connectivity index (χ0v) is 10.8. The molecular formula is C13H19N3O2. The van der Waals surface area contributed by atoms with Crippen LogP contribution in [0.25, 0.3) is 0 Å². The van der Waals surface area contributed by atoms with E-state index in [1.165, 1.54) is 18.9 Å². The molecule has 1 aliphatic rings. The second-order valence-electron chi connectivity index (χ2n) is 5.40. The van der Waals surface area contributed by atoms with Crippen LogP contribution in [0.4, 0.5) is 17.1 Å². The molecule has 0 unspecified atom stereocenters. The lowest BCUT2D eigenvalue weighted by Crippen LogP contribution is -2.20. The zero-order chi connectivity index (χ0) is 13.3. The summed E-state index contributed by atoms with van der Waals surface area (Å²) in [5, 5.41) is 14.0. The third-order valence-electron chi connectivity index (χ3n) is 3.99. The van der Waals surface area contributed by atoms with E-state index in [9.17, 15) is 10.1 Å². The smallest absolute Gasteiger partial charge is 0.292 e. The average Bonchev–Trinajstić information content (AvgIpc) is 3.07. The number of nitro benzene ring substituents is 1. The summed E-state index contributed by atoms with van der Waals surface area (Å²) < 4.78 is 0. The molecule has 1 fully saturated rings. The molecule has 0 aliphatic heterocycles. The molecule has 0 saturated heterocycles. The van der Waals surface area contributed by atoms with E-state index in [1.807, 2.05) is 0 Å². The minimum Gasteiger partial charge on any atom is -0.393 e. The van der Waals surface area contributed by atoms with E-state index >= 15 is 0 Å². The first-order valence-corrected chi connectivity index (χ1v) is 6.22. The van der Waals surface area contributed by atoms with Crippen LogP contribution >= 0.6 is 0 Å². The van der Waals surface area contributed by atoms with Crippen molar-refractivity contribution in [3.63, 3.8) is 0 Å². The van der Waals surface area contributed by atoms with Gasteiger partial charge in [0.1, 0.15) is 5.69 Å². The molecule has 98 valence electrons. The molecule has 3 N–H and O–H groups in total. The Kier molecular flexibility index (Phi) is 3.15. The van der Waals surface area contributed by atoms with Crippen LogP contribution in [0.3, 0.4) is 0 Å². The van der Waals surface area contributed by atoms with Gasteiger partial charge in [-0.1, -0.05) is 13.8 Å². The number of benzene rings is 1. The molecule has 0 spiro atoms. The van der Waals surface area contributed by atoms with Gasteiger partial charge in [0.25, 0.3) is 5.69 Å². The molecule has 1 saturated carbocycles. The lowest BCUT2D eigenvalue weighted by molar-refractivity contribution is -0.383. The molecule has 0 atom stereocenters. The predicted octanol–water partition coefficient (Wildman–Crippen LogP) is 3.03. The van der Waals surface area contributed by atoms with Gasteiger partial charge in [0, 0.05) is 18.3 Å². The van der Waals surface area contributed by atoms with Gasteiger partial charge in [-0.05, 0) is 36.3 Å². The maximum Gasteiger partial charge on any atom is 0.292 e. The van der Waals surface area contributed by atoms with E-state index in [0.717, 1.165) is 12.2 Å². The summed E-state index contributed by atoms with van der Waals surface area (Å²) >= 11 is 0. The fraction of sp³-hybridized carbons (Fsp3) is 0.538. The van der Waals surface area contributed by atoms with Crippen LogP contribution < -0.4 is 11.1 Å². The number of anilines is 2. The summed E-state index contributed by atoms with van der Waals surface area (Å²) in [4.78, 5) is 10.2. The first-order valence-electron chi connectivity index (χ1n) is 6.22. The molecule has 0 bridgehead atoms. The van der Waals surface area contributed by atoms with E-state index in [-0.39, 0.29) is 11.4 Å². The van der Waals surface area contributed by atoms with Gasteiger partial charge in [0.2, 0.25) is 0 Å². The molecule has 5 heteroatoms. The first kappa shape index (κ1) is 12.7. The van der Waals surface area contributed by atoms with Crippen molar-refractivity contribution in [1.29, 1.82) is 0 Å².